The molecule has 0 unspecified atom stereocenters. The number of esters is 1. The molecule has 0 fully saturated rings. The van der Waals surface area contributed by atoms with Crippen LogP contribution in [0.25, 0.3) is 0 Å². The molecule has 234 valence electrons. The Kier molecular flexibility index (Phi) is 19.4. The lowest BCUT2D eigenvalue weighted by Crippen LogP contribution is -2.15. The molecule has 0 spiro atoms. The molecule has 11 nitrogen and oxygen atoms in total. The molecule has 0 saturated carbocycles. The fraction of sp³-hybridized carbons (Fsp3) is 0.548. The fourth-order valence-corrected chi connectivity index (χ4v) is 3.45. The third-order valence-corrected chi connectivity index (χ3v) is 5.60. The lowest BCUT2D eigenvalue weighted by molar-refractivity contribution is -0.114. The Labute approximate surface area is 249 Å². The van der Waals surface area contributed by atoms with Gasteiger partial charge < -0.3 is 43.8 Å². The zero-order valence-corrected chi connectivity index (χ0v) is 24.9. The van der Waals surface area contributed by atoms with Crippen molar-refractivity contribution in [3.8, 4) is 5.75 Å². The molecule has 0 aliphatic carbocycles. The van der Waals surface area contributed by atoms with Gasteiger partial charge in [0, 0.05) is 24.8 Å². The van der Waals surface area contributed by atoms with E-state index in [9.17, 15) is 9.59 Å². The van der Waals surface area contributed by atoms with Crippen LogP contribution < -0.4 is 15.4 Å². The second-order valence-electron chi connectivity index (χ2n) is 9.11. The largest absolute Gasteiger partial charge is 0.491 e. The summed E-state index contributed by atoms with van der Waals surface area (Å²) in [6.45, 7) is 9.56. The standard InChI is InChI=1S/C31H46N2O9/c1-3-4-13-32-28-7-5-27(6-8-28)31(35)42-25-23-40-21-19-38-17-15-36-14-16-37-18-20-39-22-24-41-30-11-9-29(10-12-30)33-26(2)34/h5-12,32H,3-4,13-25H2,1-2H3,(H,33,34). The number of nitrogens with one attached hydrogen (secondary N) is 2. The number of amides is 1. The Balaban J connectivity index is 1.29. The number of hydrogen-bond acceptors (Lipinski definition) is 10. The van der Waals surface area contributed by atoms with Crippen LogP contribution in [0.1, 0.15) is 37.0 Å². The maximum absolute atomic E-state index is 12.1. The molecule has 0 saturated heterocycles. The SMILES string of the molecule is CCCCNc1ccc(C(=O)OCCOCCOCCOCCOCCOCCOc2ccc(NC(C)=O)cc2)cc1. The van der Waals surface area contributed by atoms with Gasteiger partial charge in [-0.25, -0.2) is 4.79 Å². The van der Waals surface area contributed by atoms with E-state index in [0.29, 0.717) is 84.0 Å². The van der Waals surface area contributed by atoms with E-state index in [1.165, 1.54) is 6.92 Å². The molecule has 0 aliphatic rings. The van der Waals surface area contributed by atoms with Crippen molar-refractivity contribution in [1.82, 2.24) is 0 Å². The van der Waals surface area contributed by atoms with E-state index in [1.807, 2.05) is 12.1 Å². The molecule has 0 aliphatic heterocycles. The number of ether oxygens (including phenoxy) is 7. The van der Waals surface area contributed by atoms with Crippen LogP contribution in [0.15, 0.2) is 48.5 Å². The Morgan fingerprint density at radius 3 is 1.60 bits per heavy atom. The number of rotatable bonds is 25. The van der Waals surface area contributed by atoms with E-state index in [4.69, 9.17) is 33.2 Å². The number of anilines is 2. The average molecular weight is 591 g/mol. The number of carbonyl (C=O) groups is 2. The zero-order chi connectivity index (χ0) is 30.1. The number of unbranched alkanes of at least 4 members (excludes halogenated alkanes) is 1. The Hall–Kier alpha value is -3.22. The van der Waals surface area contributed by atoms with Gasteiger partial charge in [-0.15, -0.1) is 0 Å². The van der Waals surface area contributed by atoms with Crippen LogP contribution in [0.3, 0.4) is 0 Å². The summed E-state index contributed by atoms with van der Waals surface area (Å²) < 4.78 is 38.1. The van der Waals surface area contributed by atoms with Gasteiger partial charge in [-0.3, -0.25) is 4.79 Å². The molecule has 2 aromatic rings. The predicted octanol–water partition coefficient (Wildman–Crippen LogP) is 4.18. The fourth-order valence-electron chi connectivity index (χ4n) is 3.45. The van der Waals surface area contributed by atoms with Crippen molar-refractivity contribution >= 4 is 23.3 Å². The monoisotopic (exact) mass is 590 g/mol. The molecule has 0 radical (unpaired) electrons. The van der Waals surface area contributed by atoms with Crippen LogP contribution in [0.5, 0.6) is 5.75 Å². The Morgan fingerprint density at radius 1 is 0.619 bits per heavy atom. The highest BCUT2D eigenvalue weighted by atomic mass is 16.6. The van der Waals surface area contributed by atoms with Gasteiger partial charge >= 0.3 is 5.97 Å². The topological polar surface area (TPSA) is 123 Å². The van der Waals surface area contributed by atoms with Crippen LogP contribution in [0.4, 0.5) is 11.4 Å². The molecule has 11 heteroatoms. The smallest absolute Gasteiger partial charge is 0.338 e. The van der Waals surface area contributed by atoms with Crippen LogP contribution in [0.2, 0.25) is 0 Å². The normalized spacial score (nSPS) is 10.8. The summed E-state index contributed by atoms with van der Waals surface area (Å²) in [6.07, 6.45) is 2.24. The molecule has 2 aromatic carbocycles. The summed E-state index contributed by atoms with van der Waals surface area (Å²) in [5, 5.41) is 6.02. The first-order chi connectivity index (χ1) is 20.6. The van der Waals surface area contributed by atoms with Crippen LogP contribution >= 0.6 is 0 Å². The molecule has 0 heterocycles. The van der Waals surface area contributed by atoms with Crippen molar-refractivity contribution in [2.75, 3.05) is 96.5 Å². The summed E-state index contributed by atoms with van der Waals surface area (Å²) in [5.74, 6) is 0.238. The Bertz CT molecular complexity index is 971. The van der Waals surface area contributed by atoms with Gasteiger partial charge in [0.2, 0.25) is 5.91 Å². The van der Waals surface area contributed by atoms with Gasteiger partial charge in [0.15, 0.2) is 0 Å². The first-order valence-corrected chi connectivity index (χ1v) is 14.5. The number of hydrogen-bond donors (Lipinski definition) is 2. The van der Waals surface area contributed by atoms with E-state index in [-0.39, 0.29) is 18.5 Å². The summed E-state index contributed by atoms with van der Waals surface area (Å²) in [5.41, 5.74) is 2.24. The lowest BCUT2D eigenvalue weighted by Gasteiger charge is -2.09. The average Bonchev–Trinajstić information content (AvgIpc) is 2.99. The highest BCUT2D eigenvalue weighted by molar-refractivity contribution is 5.90. The molecule has 2 N–H and O–H groups in total. The molecule has 0 aromatic heterocycles. The highest BCUT2D eigenvalue weighted by Gasteiger charge is 2.06. The lowest BCUT2D eigenvalue weighted by atomic mass is 10.2. The van der Waals surface area contributed by atoms with Gasteiger partial charge in [0.05, 0.1) is 71.6 Å². The Morgan fingerprint density at radius 2 is 1.10 bits per heavy atom. The molecule has 2 rings (SSSR count). The van der Waals surface area contributed by atoms with E-state index < -0.39 is 0 Å². The van der Waals surface area contributed by atoms with Crippen molar-refractivity contribution in [2.45, 2.75) is 26.7 Å². The van der Waals surface area contributed by atoms with Gasteiger partial charge in [0.1, 0.15) is 19.0 Å². The number of carbonyl (C=O) groups excluding carboxylic acids is 2. The van der Waals surface area contributed by atoms with Gasteiger partial charge in [-0.2, -0.15) is 0 Å². The minimum atomic E-state index is -0.363. The zero-order valence-electron chi connectivity index (χ0n) is 24.9. The van der Waals surface area contributed by atoms with Gasteiger partial charge in [0.25, 0.3) is 0 Å². The third kappa shape index (κ3) is 17.6. The maximum Gasteiger partial charge on any atom is 0.338 e. The van der Waals surface area contributed by atoms with Crippen molar-refractivity contribution in [2.24, 2.45) is 0 Å². The van der Waals surface area contributed by atoms with Crippen LogP contribution in [-0.2, 0) is 33.2 Å². The predicted molar refractivity (Wildman–Crippen MR) is 160 cm³/mol. The first-order valence-electron chi connectivity index (χ1n) is 14.5. The van der Waals surface area contributed by atoms with Crippen molar-refractivity contribution in [1.29, 1.82) is 0 Å². The van der Waals surface area contributed by atoms with Gasteiger partial charge in [-0.05, 0) is 55.0 Å². The molecular weight excluding hydrogens is 544 g/mol. The second kappa shape index (κ2) is 23.4. The number of benzene rings is 2. The minimum absolute atomic E-state index is 0.111. The van der Waals surface area contributed by atoms with Crippen molar-refractivity contribution in [3.05, 3.63) is 54.1 Å². The summed E-state index contributed by atoms with van der Waals surface area (Å²) in [7, 11) is 0. The van der Waals surface area contributed by atoms with Gasteiger partial charge in [-0.1, -0.05) is 13.3 Å². The van der Waals surface area contributed by atoms with E-state index in [1.54, 1.807) is 36.4 Å². The minimum Gasteiger partial charge on any atom is -0.491 e. The van der Waals surface area contributed by atoms with Crippen molar-refractivity contribution in [3.63, 3.8) is 0 Å². The van der Waals surface area contributed by atoms with Crippen LogP contribution in [0, 0.1) is 0 Å². The summed E-state index contributed by atoms with van der Waals surface area (Å²) in [4.78, 5) is 23.1. The van der Waals surface area contributed by atoms with E-state index in [2.05, 4.69) is 17.6 Å². The third-order valence-electron chi connectivity index (χ3n) is 5.60. The quantitative estimate of drug-likeness (QED) is 0.129. The molecular formula is C31H46N2O9. The maximum atomic E-state index is 12.1. The van der Waals surface area contributed by atoms with Crippen LogP contribution in [-0.4, -0.2) is 97.7 Å². The molecule has 1 amide bonds. The summed E-state index contributed by atoms with van der Waals surface area (Å²) in [6, 6.07) is 14.4. The molecule has 0 bridgehead atoms. The van der Waals surface area contributed by atoms with E-state index >= 15 is 0 Å². The first kappa shape index (κ1) is 35.0. The van der Waals surface area contributed by atoms with E-state index in [0.717, 1.165) is 30.8 Å². The highest BCUT2D eigenvalue weighted by Crippen LogP contribution is 2.15. The molecule has 42 heavy (non-hydrogen) atoms. The molecule has 0 atom stereocenters. The summed E-state index contributed by atoms with van der Waals surface area (Å²) >= 11 is 0. The van der Waals surface area contributed by atoms with Crippen molar-refractivity contribution < 1.29 is 42.7 Å². The second-order valence-corrected chi connectivity index (χ2v) is 9.11.